The van der Waals surface area contributed by atoms with E-state index in [9.17, 15) is 0 Å². The van der Waals surface area contributed by atoms with Gasteiger partial charge in [0.25, 0.3) is 0 Å². The Bertz CT molecular complexity index is 477. The van der Waals surface area contributed by atoms with E-state index in [-0.39, 0.29) is 0 Å². The van der Waals surface area contributed by atoms with E-state index < -0.39 is 0 Å². The maximum absolute atomic E-state index is 6.98. The lowest BCUT2D eigenvalue weighted by atomic mass is 9.99. The molecule has 2 aromatic carbocycles. The van der Waals surface area contributed by atoms with Crippen LogP contribution in [0.2, 0.25) is 0 Å². The van der Waals surface area contributed by atoms with Crippen molar-refractivity contribution in [2.24, 2.45) is 0 Å². The summed E-state index contributed by atoms with van der Waals surface area (Å²) in [7, 11) is 0. The van der Waals surface area contributed by atoms with E-state index in [1.165, 1.54) is 0 Å². The fourth-order valence-corrected chi connectivity index (χ4v) is 1.62. The molecular formula is C15H11N. The van der Waals surface area contributed by atoms with Crippen molar-refractivity contribution >= 4 is 5.57 Å². The van der Waals surface area contributed by atoms with Crippen molar-refractivity contribution in [2.45, 2.75) is 0 Å². The van der Waals surface area contributed by atoms with E-state index in [4.69, 9.17) is 6.57 Å². The molecule has 0 N–H and O–H groups in total. The predicted molar refractivity (Wildman–Crippen MR) is 66.6 cm³/mol. The minimum absolute atomic E-state index is 0.969. The number of hydrogen-bond acceptors (Lipinski definition) is 0. The number of nitrogens with zero attached hydrogens (tertiary/aromatic N) is 1. The van der Waals surface area contributed by atoms with Crippen LogP contribution in [0.3, 0.4) is 0 Å². The Morgan fingerprint density at radius 2 is 1.25 bits per heavy atom. The molecule has 2 aromatic rings. The van der Waals surface area contributed by atoms with E-state index in [0.29, 0.717) is 0 Å². The minimum atomic E-state index is 0.969. The maximum Gasteiger partial charge on any atom is 0.162 e. The zero-order valence-corrected chi connectivity index (χ0v) is 8.80. The van der Waals surface area contributed by atoms with E-state index in [1.807, 2.05) is 60.7 Å². The molecule has 0 atom stereocenters. The van der Waals surface area contributed by atoms with Crippen LogP contribution in [0.15, 0.2) is 66.9 Å². The number of hydrogen-bond donors (Lipinski definition) is 0. The molecule has 0 saturated carbocycles. The standard InChI is InChI=1S/C15H11N/c1-16-12-15(13-8-4-2-5-9-13)14-10-6-3-7-11-14/h2-12H. The van der Waals surface area contributed by atoms with Gasteiger partial charge in [-0.1, -0.05) is 60.7 Å². The van der Waals surface area contributed by atoms with Crippen molar-refractivity contribution in [1.29, 1.82) is 0 Å². The molecule has 0 radical (unpaired) electrons. The molecule has 0 spiro atoms. The SMILES string of the molecule is [C-]#[N+]C=C(c1ccccc1)c1ccccc1. The van der Waals surface area contributed by atoms with Crippen molar-refractivity contribution in [3.63, 3.8) is 0 Å². The van der Waals surface area contributed by atoms with Crippen LogP contribution in [-0.2, 0) is 0 Å². The molecule has 2 rings (SSSR count). The predicted octanol–water partition coefficient (Wildman–Crippen LogP) is 4.00. The fourth-order valence-electron chi connectivity index (χ4n) is 1.62. The Morgan fingerprint density at radius 1 is 0.812 bits per heavy atom. The summed E-state index contributed by atoms with van der Waals surface area (Å²) in [5.41, 5.74) is 3.12. The molecule has 1 nitrogen and oxygen atoms in total. The van der Waals surface area contributed by atoms with Gasteiger partial charge in [0.2, 0.25) is 0 Å². The lowest BCUT2D eigenvalue weighted by Gasteiger charge is -2.06. The van der Waals surface area contributed by atoms with Crippen molar-refractivity contribution < 1.29 is 0 Å². The molecule has 0 bridgehead atoms. The lowest BCUT2D eigenvalue weighted by Crippen LogP contribution is -1.86. The fraction of sp³-hybridized carbons (Fsp3) is 0. The normalized spacial score (nSPS) is 9.19. The second-order valence-corrected chi connectivity index (χ2v) is 3.40. The quantitative estimate of drug-likeness (QED) is 0.653. The van der Waals surface area contributed by atoms with Crippen molar-refractivity contribution in [3.8, 4) is 0 Å². The highest BCUT2D eigenvalue weighted by atomic mass is 14.6. The van der Waals surface area contributed by atoms with Crippen molar-refractivity contribution in [3.05, 3.63) is 89.4 Å². The highest BCUT2D eigenvalue weighted by molar-refractivity contribution is 5.80. The van der Waals surface area contributed by atoms with Gasteiger partial charge >= 0.3 is 0 Å². The van der Waals surface area contributed by atoms with Gasteiger partial charge in [0, 0.05) is 0 Å². The van der Waals surface area contributed by atoms with Gasteiger partial charge in [-0.3, -0.25) is 0 Å². The first-order chi connectivity index (χ1) is 7.92. The van der Waals surface area contributed by atoms with Crippen LogP contribution in [0.1, 0.15) is 11.1 Å². The molecule has 0 aliphatic rings. The van der Waals surface area contributed by atoms with Crippen LogP contribution in [0.25, 0.3) is 10.4 Å². The first-order valence-corrected chi connectivity index (χ1v) is 5.09. The highest BCUT2D eigenvalue weighted by Crippen LogP contribution is 2.22. The smallest absolute Gasteiger partial charge is 0.162 e. The van der Waals surface area contributed by atoms with Crippen LogP contribution in [-0.4, -0.2) is 0 Å². The van der Waals surface area contributed by atoms with Crippen molar-refractivity contribution in [1.82, 2.24) is 0 Å². The van der Waals surface area contributed by atoms with E-state index in [2.05, 4.69) is 4.85 Å². The molecule has 1 heteroatoms. The van der Waals surface area contributed by atoms with Crippen LogP contribution in [0.5, 0.6) is 0 Å². The Hall–Kier alpha value is -2.33. The summed E-state index contributed by atoms with van der Waals surface area (Å²) in [6.07, 6.45) is 1.57. The third kappa shape index (κ3) is 2.18. The van der Waals surface area contributed by atoms with Gasteiger partial charge in [0.05, 0.1) is 6.57 Å². The second kappa shape index (κ2) is 4.95. The van der Waals surface area contributed by atoms with Crippen LogP contribution >= 0.6 is 0 Å². The van der Waals surface area contributed by atoms with E-state index in [1.54, 1.807) is 6.20 Å². The highest BCUT2D eigenvalue weighted by Gasteiger charge is 2.02. The van der Waals surface area contributed by atoms with Crippen molar-refractivity contribution in [2.75, 3.05) is 0 Å². The molecule has 0 fully saturated rings. The van der Waals surface area contributed by atoms with Crippen LogP contribution in [0.4, 0.5) is 0 Å². The molecule has 76 valence electrons. The summed E-state index contributed by atoms with van der Waals surface area (Å²) < 4.78 is 0. The Balaban J connectivity index is 2.50. The molecule has 0 heterocycles. The average Bonchev–Trinajstić information content (AvgIpc) is 2.38. The Kier molecular flexibility index (Phi) is 3.15. The third-order valence-corrected chi connectivity index (χ3v) is 2.36. The lowest BCUT2D eigenvalue weighted by molar-refractivity contribution is 1.55. The Morgan fingerprint density at radius 3 is 1.62 bits per heavy atom. The molecule has 0 aliphatic carbocycles. The Labute approximate surface area is 95.5 Å². The first kappa shape index (κ1) is 10.2. The maximum atomic E-state index is 6.98. The number of benzene rings is 2. The van der Waals surface area contributed by atoms with E-state index in [0.717, 1.165) is 16.7 Å². The van der Waals surface area contributed by atoms with Gasteiger partial charge in [-0.05, 0) is 16.7 Å². The first-order valence-electron chi connectivity index (χ1n) is 5.09. The van der Waals surface area contributed by atoms with Gasteiger partial charge in [-0.15, -0.1) is 0 Å². The summed E-state index contributed by atoms with van der Waals surface area (Å²) in [6.45, 7) is 6.98. The van der Waals surface area contributed by atoms with Gasteiger partial charge in [0.1, 0.15) is 0 Å². The second-order valence-electron chi connectivity index (χ2n) is 3.40. The molecule has 0 amide bonds. The molecule has 0 saturated heterocycles. The van der Waals surface area contributed by atoms with Crippen LogP contribution < -0.4 is 0 Å². The summed E-state index contributed by atoms with van der Waals surface area (Å²) in [5.74, 6) is 0. The molecule has 0 aliphatic heterocycles. The molecule has 0 unspecified atom stereocenters. The summed E-state index contributed by atoms with van der Waals surface area (Å²) in [6, 6.07) is 20.0. The van der Waals surface area contributed by atoms with Gasteiger partial charge in [-0.2, -0.15) is 0 Å². The van der Waals surface area contributed by atoms with Gasteiger partial charge in [0.15, 0.2) is 6.20 Å². The summed E-state index contributed by atoms with van der Waals surface area (Å²) >= 11 is 0. The molecule has 0 aromatic heterocycles. The topological polar surface area (TPSA) is 4.36 Å². The average molecular weight is 205 g/mol. The monoisotopic (exact) mass is 205 g/mol. The zero-order valence-electron chi connectivity index (χ0n) is 8.80. The zero-order chi connectivity index (χ0) is 11.2. The van der Waals surface area contributed by atoms with E-state index >= 15 is 0 Å². The van der Waals surface area contributed by atoms with Crippen LogP contribution in [0, 0.1) is 6.57 Å². The summed E-state index contributed by atoms with van der Waals surface area (Å²) in [4.78, 5) is 3.38. The van der Waals surface area contributed by atoms with Gasteiger partial charge < -0.3 is 0 Å². The minimum Gasteiger partial charge on any atom is -0.245 e. The third-order valence-electron chi connectivity index (χ3n) is 2.36. The largest absolute Gasteiger partial charge is 0.245 e. The molecular weight excluding hydrogens is 194 g/mol. The molecule has 16 heavy (non-hydrogen) atoms. The van der Waals surface area contributed by atoms with Gasteiger partial charge in [-0.25, -0.2) is 4.85 Å². The number of rotatable bonds is 2. The summed E-state index contributed by atoms with van der Waals surface area (Å²) in [5, 5.41) is 0.